The molecule has 198 valence electrons. The van der Waals surface area contributed by atoms with Crippen LogP contribution in [0.4, 0.5) is 26.0 Å². The first kappa shape index (κ1) is 25.4. The summed E-state index contributed by atoms with van der Waals surface area (Å²) in [7, 11) is -4.36. The molecular weight excluding hydrogens is 571 g/mol. The van der Waals surface area contributed by atoms with Crippen molar-refractivity contribution in [2.24, 2.45) is 0 Å². The molecule has 0 unspecified atom stereocenters. The molecule has 0 bridgehead atoms. The largest absolute Gasteiger partial charge is 0.333 e. The molecule has 1 aliphatic rings. The molecule has 0 saturated heterocycles. The van der Waals surface area contributed by atoms with Crippen LogP contribution in [0.15, 0.2) is 59.9 Å². The fourth-order valence-electron chi connectivity index (χ4n) is 4.41. The van der Waals surface area contributed by atoms with Gasteiger partial charge in [-0.1, -0.05) is 29.3 Å². The van der Waals surface area contributed by atoms with E-state index in [9.17, 15) is 12.8 Å². The van der Waals surface area contributed by atoms with E-state index in [2.05, 4.69) is 30.1 Å². The van der Waals surface area contributed by atoms with Crippen molar-refractivity contribution >= 4 is 61.5 Å². The van der Waals surface area contributed by atoms with Crippen molar-refractivity contribution in [2.45, 2.75) is 24.3 Å². The Labute approximate surface area is 230 Å². The van der Waals surface area contributed by atoms with Crippen molar-refractivity contribution < 1.29 is 17.2 Å². The van der Waals surface area contributed by atoms with Crippen LogP contribution in [0, 0.1) is 11.6 Å². The lowest BCUT2D eigenvalue weighted by Gasteiger charge is -2.15. The zero-order chi connectivity index (χ0) is 27.3. The number of halogens is 4. The van der Waals surface area contributed by atoms with Crippen molar-refractivity contribution in [3.63, 3.8) is 0 Å². The molecule has 2 aromatic carbocycles. The second-order valence-electron chi connectivity index (χ2n) is 8.68. The topological polar surface area (TPSA) is 115 Å². The average molecular weight is 588 g/mol. The lowest BCUT2D eigenvalue weighted by atomic mass is 10.1. The van der Waals surface area contributed by atoms with Gasteiger partial charge in [0.1, 0.15) is 28.2 Å². The van der Waals surface area contributed by atoms with Crippen molar-refractivity contribution in [3.8, 4) is 11.3 Å². The van der Waals surface area contributed by atoms with Crippen LogP contribution in [-0.4, -0.2) is 33.2 Å². The van der Waals surface area contributed by atoms with Gasteiger partial charge in [0.15, 0.2) is 11.6 Å². The first-order valence-corrected chi connectivity index (χ1v) is 13.9. The number of aromatic nitrogens is 5. The van der Waals surface area contributed by atoms with Crippen LogP contribution in [0.1, 0.15) is 12.1 Å². The number of pyridine rings is 1. The van der Waals surface area contributed by atoms with E-state index in [1.54, 1.807) is 18.3 Å². The molecule has 14 heteroatoms. The molecule has 2 N–H and O–H groups in total. The first-order valence-electron chi connectivity index (χ1n) is 11.6. The van der Waals surface area contributed by atoms with Gasteiger partial charge in [0.2, 0.25) is 0 Å². The maximum absolute atomic E-state index is 15.5. The Kier molecular flexibility index (Phi) is 6.32. The highest BCUT2D eigenvalue weighted by Gasteiger charge is 2.24. The van der Waals surface area contributed by atoms with Crippen molar-refractivity contribution in [1.82, 2.24) is 24.7 Å². The van der Waals surface area contributed by atoms with Gasteiger partial charge < -0.3 is 5.32 Å². The molecule has 0 aliphatic carbocycles. The van der Waals surface area contributed by atoms with Crippen LogP contribution in [0.2, 0.25) is 10.0 Å². The number of benzene rings is 2. The van der Waals surface area contributed by atoms with E-state index < -0.39 is 33.0 Å². The van der Waals surface area contributed by atoms with Crippen molar-refractivity contribution in [2.75, 3.05) is 10.0 Å². The molecule has 6 rings (SSSR count). The van der Waals surface area contributed by atoms with E-state index in [0.717, 1.165) is 42.8 Å². The van der Waals surface area contributed by atoms with E-state index in [1.807, 2.05) is 4.68 Å². The Morgan fingerprint density at radius 3 is 2.72 bits per heavy atom. The molecule has 4 heterocycles. The van der Waals surface area contributed by atoms with Gasteiger partial charge in [-0.25, -0.2) is 32.2 Å². The van der Waals surface area contributed by atoms with Gasteiger partial charge in [0.25, 0.3) is 10.0 Å². The summed E-state index contributed by atoms with van der Waals surface area (Å²) in [5.41, 5.74) is 2.09. The number of aryl methyl sites for hydroxylation is 1. The number of nitrogens with zero attached hydrogens (tertiary/aromatic N) is 5. The van der Waals surface area contributed by atoms with E-state index in [0.29, 0.717) is 11.2 Å². The lowest BCUT2D eigenvalue weighted by Crippen LogP contribution is -2.15. The smallest absolute Gasteiger partial charge is 0.263 e. The van der Waals surface area contributed by atoms with Crippen LogP contribution in [-0.2, 0) is 23.0 Å². The summed E-state index contributed by atoms with van der Waals surface area (Å²) in [5, 5.41) is 6.80. The Hall–Kier alpha value is -3.87. The number of anilines is 3. The standard InChI is InChI=1S/C25H17Cl2F2N7O2S/c26-14-3-1-5-20(21(14)27)39(37,38)35-17-7-6-15(28)23(22(17)29)34-25-24-18(30-12-31-25)9-8-16(33-24)13-11-32-36-10-2-4-19(13)36/h1,3,5-9,11-12,35H,2,4,10H2,(H,30,31,34). The SMILES string of the molecule is O=S(=O)(Nc1ccc(F)c(Nc2ncnc3ccc(-c4cnn5c4CCC5)nc23)c1F)c1cccc(Cl)c1Cl. The zero-order valence-electron chi connectivity index (χ0n) is 19.8. The zero-order valence-corrected chi connectivity index (χ0v) is 22.1. The highest BCUT2D eigenvalue weighted by Crippen LogP contribution is 2.35. The van der Waals surface area contributed by atoms with Crippen molar-refractivity contribution in [1.29, 1.82) is 0 Å². The van der Waals surface area contributed by atoms with E-state index in [1.165, 1.54) is 24.5 Å². The molecule has 0 spiro atoms. The summed E-state index contributed by atoms with van der Waals surface area (Å²) in [6.07, 6.45) is 4.82. The Morgan fingerprint density at radius 1 is 1.03 bits per heavy atom. The van der Waals surface area contributed by atoms with Crippen LogP contribution >= 0.6 is 23.2 Å². The number of fused-ring (bicyclic) bond motifs is 2. The Bertz CT molecular complexity index is 1880. The van der Waals surface area contributed by atoms with Gasteiger partial charge >= 0.3 is 0 Å². The summed E-state index contributed by atoms with van der Waals surface area (Å²) >= 11 is 12.0. The minimum atomic E-state index is -4.36. The summed E-state index contributed by atoms with van der Waals surface area (Å²) < 4.78 is 60.2. The summed E-state index contributed by atoms with van der Waals surface area (Å²) in [4.78, 5) is 12.6. The monoisotopic (exact) mass is 587 g/mol. The number of rotatable bonds is 6. The van der Waals surface area contributed by atoms with Crippen LogP contribution in [0.25, 0.3) is 22.3 Å². The second-order valence-corrected chi connectivity index (χ2v) is 11.1. The van der Waals surface area contributed by atoms with Crippen LogP contribution in [0.3, 0.4) is 0 Å². The number of hydrogen-bond acceptors (Lipinski definition) is 7. The Balaban J connectivity index is 1.38. The second kappa shape index (κ2) is 9.70. The van der Waals surface area contributed by atoms with Gasteiger partial charge in [0.05, 0.1) is 33.1 Å². The summed E-state index contributed by atoms with van der Waals surface area (Å²) in [5.74, 6) is -2.15. The molecule has 39 heavy (non-hydrogen) atoms. The molecule has 0 atom stereocenters. The third-order valence-electron chi connectivity index (χ3n) is 6.27. The van der Waals surface area contributed by atoms with Gasteiger partial charge in [0, 0.05) is 17.8 Å². The van der Waals surface area contributed by atoms with Gasteiger partial charge in [-0.3, -0.25) is 9.40 Å². The minimum Gasteiger partial charge on any atom is -0.333 e. The highest BCUT2D eigenvalue weighted by atomic mass is 35.5. The van der Waals surface area contributed by atoms with E-state index >= 15 is 4.39 Å². The normalized spacial score (nSPS) is 13.0. The maximum atomic E-state index is 15.5. The molecule has 9 nitrogen and oxygen atoms in total. The molecule has 5 aromatic rings. The number of sulfonamides is 1. The van der Waals surface area contributed by atoms with E-state index in [4.69, 9.17) is 23.2 Å². The van der Waals surface area contributed by atoms with Gasteiger partial charge in [-0.15, -0.1) is 0 Å². The summed E-state index contributed by atoms with van der Waals surface area (Å²) in [6.45, 7) is 0.834. The predicted octanol–water partition coefficient (Wildman–Crippen LogP) is 5.96. The first-order chi connectivity index (χ1) is 18.7. The molecule has 0 amide bonds. The third kappa shape index (κ3) is 4.54. The quantitative estimate of drug-likeness (QED) is 0.252. The van der Waals surface area contributed by atoms with Gasteiger partial charge in [-0.2, -0.15) is 5.10 Å². The molecular formula is C25H17Cl2F2N7O2S. The fourth-order valence-corrected chi connectivity index (χ4v) is 6.24. The number of hydrogen-bond donors (Lipinski definition) is 2. The third-order valence-corrected chi connectivity index (χ3v) is 8.61. The molecule has 0 saturated carbocycles. The van der Waals surface area contributed by atoms with Crippen LogP contribution < -0.4 is 10.0 Å². The molecule has 3 aromatic heterocycles. The lowest BCUT2D eigenvalue weighted by molar-refractivity contribution is 0.588. The average Bonchev–Trinajstić information content (AvgIpc) is 3.54. The van der Waals surface area contributed by atoms with Crippen LogP contribution in [0.5, 0.6) is 0 Å². The Morgan fingerprint density at radius 2 is 1.87 bits per heavy atom. The maximum Gasteiger partial charge on any atom is 0.263 e. The molecule has 0 radical (unpaired) electrons. The van der Waals surface area contributed by atoms with E-state index in [-0.39, 0.29) is 26.3 Å². The highest BCUT2D eigenvalue weighted by molar-refractivity contribution is 7.92. The number of nitrogens with one attached hydrogen (secondary N) is 2. The fraction of sp³-hybridized carbons (Fsp3) is 0.120. The van der Waals surface area contributed by atoms with Gasteiger partial charge in [-0.05, 0) is 49.2 Å². The predicted molar refractivity (Wildman–Crippen MR) is 144 cm³/mol. The van der Waals surface area contributed by atoms with Crippen molar-refractivity contribution in [3.05, 3.63) is 82.4 Å². The molecule has 1 aliphatic heterocycles. The molecule has 0 fully saturated rings. The minimum absolute atomic E-state index is 0.00469. The summed E-state index contributed by atoms with van der Waals surface area (Å²) in [6, 6.07) is 9.42.